The highest BCUT2D eigenvalue weighted by atomic mass is 16.5. The van der Waals surface area contributed by atoms with Crippen LogP contribution in [0.5, 0.6) is 11.5 Å². The van der Waals surface area contributed by atoms with E-state index < -0.39 is 0 Å². The molecule has 0 fully saturated rings. The molecule has 2 aromatic carbocycles. The fourth-order valence-corrected chi connectivity index (χ4v) is 3.05. The third-order valence-corrected chi connectivity index (χ3v) is 4.23. The predicted octanol–water partition coefficient (Wildman–Crippen LogP) is 4.64. The Hall–Kier alpha value is -3.06. The highest BCUT2D eigenvalue weighted by Gasteiger charge is 2.25. The molecule has 0 aliphatic carbocycles. The van der Waals surface area contributed by atoms with E-state index in [4.69, 9.17) is 14.7 Å². The molecule has 0 bridgehead atoms. The van der Waals surface area contributed by atoms with E-state index in [1.54, 1.807) is 0 Å². The first-order valence-corrected chi connectivity index (χ1v) is 8.67. The Labute approximate surface area is 153 Å². The zero-order valence-corrected chi connectivity index (χ0v) is 15.0. The van der Waals surface area contributed by atoms with Gasteiger partial charge in [0.2, 0.25) is 0 Å². The molecule has 1 aliphatic heterocycles. The fourth-order valence-electron chi connectivity index (χ4n) is 3.05. The van der Waals surface area contributed by atoms with Gasteiger partial charge in [-0.3, -0.25) is 4.79 Å². The smallest absolute Gasteiger partial charge is 0.196 e. The van der Waals surface area contributed by atoms with Crippen LogP contribution in [0.15, 0.2) is 42.0 Å². The SMILES string of the molecule is Cc1cc(C)c2c(c1)C(=O)/C(=C\c1cccc(OCCCC#N)c1)CO2. The van der Waals surface area contributed by atoms with Gasteiger partial charge in [0, 0.05) is 12.0 Å². The molecule has 0 amide bonds. The lowest BCUT2D eigenvalue weighted by Gasteiger charge is -2.21. The van der Waals surface area contributed by atoms with Crippen LogP contribution >= 0.6 is 0 Å². The molecular weight excluding hydrogens is 326 g/mol. The third kappa shape index (κ3) is 3.94. The van der Waals surface area contributed by atoms with Crippen LogP contribution in [0, 0.1) is 25.2 Å². The van der Waals surface area contributed by atoms with Gasteiger partial charge < -0.3 is 9.47 Å². The molecule has 2 aromatic rings. The lowest BCUT2D eigenvalue weighted by molar-refractivity contribution is 0.100. The summed E-state index contributed by atoms with van der Waals surface area (Å²) in [6, 6.07) is 13.6. The number of hydrogen-bond acceptors (Lipinski definition) is 4. The van der Waals surface area contributed by atoms with Crippen molar-refractivity contribution in [2.45, 2.75) is 26.7 Å². The van der Waals surface area contributed by atoms with Crippen molar-refractivity contribution >= 4 is 11.9 Å². The number of carbonyl (C=O) groups is 1. The van der Waals surface area contributed by atoms with Gasteiger partial charge in [-0.05, 0) is 61.2 Å². The number of Topliss-reactive ketones (excluding diaryl/α,β-unsaturated/α-hetero) is 1. The number of nitrogens with zero attached hydrogens (tertiary/aromatic N) is 1. The molecule has 0 N–H and O–H groups in total. The molecule has 1 aliphatic rings. The highest BCUT2D eigenvalue weighted by molar-refractivity contribution is 6.14. The molecular formula is C22H21NO3. The van der Waals surface area contributed by atoms with Gasteiger partial charge in [-0.25, -0.2) is 0 Å². The number of ketones is 1. The first-order valence-electron chi connectivity index (χ1n) is 8.67. The molecule has 132 valence electrons. The van der Waals surface area contributed by atoms with Gasteiger partial charge in [-0.1, -0.05) is 18.2 Å². The minimum Gasteiger partial charge on any atom is -0.494 e. The largest absolute Gasteiger partial charge is 0.494 e. The van der Waals surface area contributed by atoms with Crippen LogP contribution in [0.25, 0.3) is 6.08 Å². The van der Waals surface area contributed by atoms with Crippen LogP contribution < -0.4 is 9.47 Å². The number of hydrogen-bond donors (Lipinski definition) is 0. The maximum Gasteiger partial charge on any atom is 0.196 e. The van der Waals surface area contributed by atoms with E-state index in [1.165, 1.54) is 0 Å². The number of benzene rings is 2. The summed E-state index contributed by atoms with van der Waals surface area (Å²) in [6.45, 7) is 4.71. The molecule has 0 saturated carbocycles. The number of aryl methyl sites for hydroxylation is 2. The van der Waals surface area contributed by atoms with E-state index in [9.17, 15) is 4.79 Å². The minimum absolute atomic E-state index is 0.0124. The second kappa shape index (κ2) is 7.88. The van der Waals surface area contributed by atoms with Crippen molar-refractivity contribution in [1.82, 2.24) is 0 Å². The average Bonchev–Trinajstić information content (AvgIpc) is 2.62. The predicted molar refractivity (Wildman–Crippen MR) is 101 cm³/mol. The highest BCUT2D eigenvalue weighted by Crippen LogP contribution is 2.32. The summed E-state index contributed by atoms with van der Waals surface area (Å²) in [4.78, 5) is 12.8. The molecule has 3 rings (SSSR count). The van der Waals surface area contributed by atoms with Crippen LogP contribution in [-0.2, 0) is 0 Å². The van der Waals surface area contributed by atoms with Gasteiger partial charge in [0.25, 0.3) is 0 Å². The van der Waals surface area contributed by atoms with Gasteiger partial charge in [-0.2, -0.15) is 5.26 Å². The summed E-state index contributed by atoms with van der Waals surface area (Å²) in [5, 5.41) is 8.56. The van der Waals surface area contributed by atoms with Crippen LogP contribution in [0.4, 0.5) is 0 Å². The van der Waals surface area contributed by atoms with Crippen molar-refractivity contribution < 1.29 is 14.3 Å². The molecule has 1 heterocycles. The summed E-state index contributed by atoms with van der Waals surface area (Å²) < 4.78 is 11.5. The molecule has 4 nitrogen and oxygen atoms in total. The van der Waals surface area contributed by atoms with E-state index in [0.29, 0.717) is 36.3 Å². The Morgan fingerprint density at radius 2 is 2.12 bits per heavy atom. The standard InChI is InChI=1S/C22H21NO3/c1-15-10-16(2)22-20(11-15)21(24)18(14-26-22)12-17-6-5-7-19(13-17)25-9-4-3-8-23/h5-7,10-13H,3-4,9,14H2,1-2H3/b18-12-. The first-order chi connectivity index (χ1) is 12.6. The summed E-state index contributed by atoms with van der Waals surface area (Å²) in [5.41, 5.74) is 4.18. The Bertz CT molecular complexity index is 906. The van der Waals surface area contributed by atoms with Crippen molar-refractivity contribution in [1.29, 1.82) is 5.26 Å². The van der Waals surface area contributed by atoms with Crippen LogP contribution in [0.2, 0.25) is 0 Å². The summed E-state index contributed by atoms with van der Waals surface area (Å²) in [7, 11) is 0. The van der Waals surface area contributed by atoms with Crippen molar-refractivity contribution in [3.05, 3.63) is 64.2 Å². The Balaban J connectivity index is 1.80. The fraction of sp³-hybridized carbons (Fsp3) is 0.273. The van der Waals surface area contributed by atoms with E-state index in [1.807, 2.05) is 56.3 Å². The third-order valence-electron chi connectivity index (χ3n) is 4.23. The second-order valence-corrected chi connectivity index (χ2v) is 6.43. The van der Waals surface area contributed by atoms with Gasteiger partial charge in [0.1, 0.15) is 18.1 Å². The van der Waals surface area contributed by atoms with E-state index in [2.05, 4.69) is 6.07 Å². The number of nitriles is 1. The topological polar surface area (TPSA) is 59.3 Å². The van der Waals surface area contributed by atoms with Crippen LogP contribution in [0.1, 0.15) is 39.9 Å². The quantitative estimate of drug-likeness (QED) is 0.584. The normalized spacial score (nSPS) is 14.5. The van der Waals surface area contributed by atoms with Crippen molar-refractivity contribution in [3.63, 3.8) is 0 Å². The molecule has 0 saturated heterocycles. The molecule has 0 unspecified atom stereocenters. The van der Waals surface area contributed by atoms with E-state index >= 15 is 0 Å². The zero-order valence-electron chi connectivity index (χ0n) is 15.0. The second-order valence-electron chi connectivity index (χ2n) is 6.43. The monoisotopic (exact) mass is 347 g/mol. The van der Waals surface area contributed by atoms with Gasteiger partial charge in [0.05, 0.1) is 18.2 Å². The molecule has 0 atom stereocenters. The van der Waals surface area contributed by atoms with Crippen molar-refractivity contribution in [2.24, 2.45) is 0 Å². The van der Waals surface area contributed by atoms with Gasteiger partial charge in [-0.15, -0.1) is 0 Å². The zero-order chi connectivity index (χ0) is 18.5. The lowest BCUT2D eigenvalue weighted by atomic mass is 9.95. The van der Waals surface area contributed by atoms with Crippen molar-refractivity contribution in [3.8, 4) is 17.6 Å². The van der Waals surface area contributed by atoms with Gasteiger partial charge in [0.15, 0.2) is 5.78 Å². The number of ether oxygens (including phenoxy) is 2. The summed E-state index contributed by atoms with van der Waals surface area (Å²) in [5.74, 6) is 1.43. The van der Waals surface area contributed by atoms with E-state index in [-0.39, 0.29) is 12.4 Å². The number of rotatable bonds is 5. The first kappa shape index (κ1) is 17.8. The van der Waals surface area contributed by atoms with Crippen LogP contribution in [0.3, 0.4) is 0 Å². The number of carbonyl (C=O) groups excluding carboxylic acids is 1. The maximum atomic E-state index is 12.8. The molecule has 4 heteroatoms. The summed E-state index contributed by atoms with van der Waals surface area (Å²) >= 11 is 0. The Kier molecular flexibility index (Phi) is 5.38. The lowest BCUT2D eigenvalue weighted by Crippen LogP contribution is -2.20. The average molecular weight is 347 g/mol. The van der Waals surface area contributed by atoms with E-state index in [0.717, 1.165) is 22.4 Å². The Morgan fingerprint density at radius 3 is 2.92 bits per heavy atom. The molecule has 0 aromatic heterocycles. The summed E-state index contributed by atoms with van der Waals surface area (Å²) in [6.07, 6.45) is 3.03. The maximum absolute atomic E-state index is 12.8. The minimum atomic E-state index is 0.0124. The van der Waals surface area contributed by atoms with Crippen molar-refractivity contribution in [2.75, 3.05) is 13.2 Å². The number of fused-ring (bicyclic) bond motifs is 1. The molecule has 0 spiro atoms. The van der Waals surface area contributed by atoms with Gasteiger partial charge >= 0.3 is 0 Å². The van der Waals surface area contributed by atoms with Crippen LogP contribution in [-0.4, -0.2) is 19.0 Å². The molecule has 0 radical (unpaired) electrons. The molecule has 26 heavy (non-hydrogen) atoms. The Morgan fingerprint density at radius 1 is 1.27 bits per heavy atom. The number of unbranched alkanes of at least 4 members (excludes halogenated alkanes) is 1.